The van der Waals surface area contributed by atoms with E-state index in [0.29, 0.717) is 24.5 Å². The molecule has 0 saturated carbocycles. The lowest BCUT2D eigenvalue weighted by Crippen LogP contribution is -2.47. The summed E-state index contributed by atoms with van der Waals surface area (Å²) in [6.07, 6.45) is 2.83. The number of aromatic nitrogens is 1. The van der Waals surface area contributed by atoms with Crippen molar-refractivity contribution >= 4 is 23.4 Å². The number of rotatable bonds is 8. The summed E-state index contributed by atoms with van der Waals surface area (Å²) in [5.41, 5.74) is 1.71. The number of nitrogens with zero attached hydrogens (tertiary/aromatic N) is 2. The van der Waals surface area contributed by atoms with Gasteiger partial charge in [-0.05, 0) is 43.2 Å². The molecule has 2 rings (SSSR count). The van der Waals surface area contributed by atoms with Crippen molar-refractivity contribution in [2.45, 2.75) is 45.8 Å². The molecule has 1 heterocycles. The van der Waals surface area contributed by atoms with Crippen LogP contribution in [0.5, 0.6) is 0 Å². The van der Waals surface area contributed by atoms with Crippen LogP contribution in [0.15, 0.2) is 48.7 Å². The lowest BCUT2D eigenvalue weighted by molar-refractivity contribution is -0.140. The molecule has 0 aliphatic carbocycles. The molecule has 1 aromatic carbocycles. The van der Waals surface area contributed by atoms with E-state index < -0.39 is 6.04 Å². The maximum Gasteiger partial charge on any atom is 0.242 e. The molecule has 0 aliphatic rings. The zero-order chi connectivity index (χ0) is 18.9. The summed E-state index contributed by atoms with van der Waals surface area (Å²) in [7, 11) is 0. The van der Waals surface area contributed by atoms with E-state index in [-0.39, 0.29) is 11.8 Å². The largest absolute Gasteiger partial charge is 0.349 e. The fourth-order valence-electron chi connectivity index (χ4n) is 2.55. The third kappa shape index (κ3) is 5.85. The molecule has 138 valence electrons. The highest BCUT2D eigenvalue weighted by molar-refractivity contribution is 6.30. The van der Waals surface area contributed by atoms with Crippen LogP contribution in [0.25, 0.3) is 0 Å². The van der Waals surface area contributed by atoms with Crippen molar-refractivity contribution in [3.05, 3.63) is 64.9 Å². The predicted molar refractivity (Wildman–Crippen MR) is 102 cm³/mol. The lowest BCUT2D eigenvalue weighted by atomic mass is 10.1. The Morgan fingerprint density at radius 2 is 1.92 bits per heavy atom. The minimum Gasteiger partial charge on any atom is -0.349 e. The quantitative estimate of drug-likeness (QED) is 0.769. The summed E-state index contributed by atoms with van der Waals surface area (Å²) >= 11 is 5.92. The second kappa shape index (κ2) is 9.92. The monoisotopic (exact) mass is 373 g/mol. The highest BCUT2D eigenvalue weighted by atomic mass is 35.5. The van der Waals surface area contributed by atoms with E-state index in [4.69, 9.17) is 11.6 Å². The highest BCUT2D eigenvalue weighted by Gasteiger charge is 2.25. The van der Waals surface area contributed by atoms with Gasteiger partial charge in [0, 0.05) is 24.2 Å². The molecule has 1 N–H and O–H groups in total. The number of carbonyl (C=O) groups is 2. The van der Waals surface area contributed by atoms with Crippen molar-refractivity contribution < 1.29 is 9.59 Å². The molecule has 1 unspecified atom stereocenters. The number of halogens is 1. The highest BCUT2D eigenvalue weighted by Crippen LogP contribution is 2.15. The Labute approximate surface area is 159 Å². The van der Waals surface area contributed by atoms with Crippen molar-refractivity contribution in [2.24, 2.45) is 0 Å². The Hall–Kier alpha value is -2.40. The van der Waals surface area contributed by atoms with E-state index in [1.165, 1.54) is 0 Å². The summed E-state index contributed by atoms with van der Waals surface area (Å²) in [5, 5.41) is 3.49. The lowest BCUT2D eigenvalue weighted by Gasteiger charge is -2.28. The SMILES string of the molecule is CCCC(=O)N(Cc1ccc(Cl)cc1)C(C)C(=O)NCc1ccccn1. The van der Waals surface area contributed by atoms with Gasteiger partial charge >= 0.3 is 0 Å². The van der Waals surface area contributed by atoms with Crippen LogP contribution in [0.3, 0.4) is 0 Å². The van der Waals surface area contributed by atoms with Gasteiger partial charge in [-0.15, -0.1) is 0 Å². The van der Waals surface area contributed by atoms with Gasteiger partial charge in [0.25, 0.3) is 0 Å². The molecule has 26 heavy (non-hydrogen) atoms. The molecule has 1 atom stereocenters. The van der Waals surface area contributed by atoms with Gasteiger partial charge in [0.2, 0.25) is 11.8 Å². The number of amides is 2. The first-order chi connectivity index (χ1) is 12.5. The van der Waals surface area contributed by atoms with Crippen LogP contribution in [0.1, 0.15) is 37.9 Å². The maximum atomic E-state index is 12.6. The Morgan fingerprint density at radius 3 is 2.54 bits per heavy atom. The second-order valence-electron chi connectivity index (χ2n) is 6.11. The Morgan fingerprint density at radius 1 is 1.19 bits per heavy atom. The van der Waals surface area contributed by atoms with E-state index in [1.54, 1.807) is 30.2 Å². The fraction of sp³-hybridized carbons (Fsp3) is 0.350. The Bertz CT molecular complexity index is 720. The number of hydrogen-bond acceptors (Lipinski definition) is 3. The zero-order valence-electron chi connectivity index (χ0n) is 15.1. The second-order valence-corrected chi connectivity index (χ2v) is 6.55. The van der Waals surface area contributed by atoms with E-state index >= 15 is 0 Å². The van der Waals surface area contributed by atoms with Crippen molar-refractivity contribution in [3.8, 4) is 0 Å². The van der Waals surface area contributed by atoms with Gasteiger partial charge in [0.15, 0.2) is 0 Å². The van der Waals surface area contributed by atoms with Gasteiger partial charge in [0.05, 0.1) is 12.2 Å². The Balaban J connectivity index is 2.05. The number of hydrogen-bond donors (Lipinski definition) is 1. The zero-order valence-corrected chi connectivity index (χ0v) is 15.9. The summed E-state index contributed by atoms with van der Waals surface area (Å²) in [6.45, 7) is 4.40. The van der Waals surface area contributed by atoms with Crippen LogP contribution in [0.2, 0.25) is 5.02 Å². The number of nitrogens with one attached hydrogen (secondary N) is 1. The van der Waals surface area contributed by atoms with E-state index in [0.717, 1.165) is 17.7 Å². The van der Waals surface area contributed by atoms with Gasteiger partial charge in [-0.1, -0.05) is 36.7 Å². The molecule has 2 aromatic rings. The summed E-state index contributed by atoms with van der Waals surface area (Å²) in [4.78, 5) is 30.9. The molecule has 0 spiro atoms. The van der Waals surface area contributed by atoms with Crippen LogP contribution in [0.4, 0.5) is 0 Å². The molecule has 0 radical (unpaired) electrons. The van der Waals surface area contributed by atoms with E-state index in [2.05, 4.69) is 10.3 Å². The predicted octanol–water partition coefficient (Wildman–Crippen LogP) is 3.57. The molecule has 6 heteroatoms. The normalized spacial score (nSPS) is 11.7. The summed E-state index contributed by atoms with van der Waals surface area (Å²) in [5.74, 6) is -0.239. The number of benzene rings is 1. The van der Waals surface area contributed by atoms with Crippen molar-refractivity contribution in [1.29, 1.82) is 0 Å². The van der Waals surface area contributed by atoms with Gasteiger partial charge < -0.3 is 10.2 Å². The summed E-state index contributed by atoms with van der Waals surface area (Å²) < 4.78 is 0. The van der Waals surface area contributed by atoms with Gasteiger partial charge in [-0.3, -0.25) is 14.6 Å². The molecular formula is C20H24ClN3O2. The standard InChI is InChI=1S/C20H24ClN3O2/c1-3-6-19(25)24(14-16-8-10-17(21)11-9-16)15(2)20(26)23-13-18-7-4-5-12-22-18/h4-5,7-12,15H,3,6,13-14H2,1-2H3,(H,23,26). The van der Waals surface area contributed by atoms with Crippen molar-refractivity contribution in [1.82, 2.24) is 15.2 Å². The molecule has 1 aromatic heterocycles. The topological polar surface area (TPSA) is 62.3 Å². The third-order valence-electron chi connectivity index (χ3n) is 4.07. The van der Waals surface area contributed by atoms with Crippen LogP contribution in [-0.2, 0) is 22.7 Å². The maximum absolute atomic E-state index is 12.6. The van der Waals surface area contributed by atoms with Crippen LogP contribution < -0.4 is 5.32 Å². The molecule has 0 fully saturated rings. The molecule has 0 saturated heterocycles. The van der Waals surface area contributed by atoms with Gasteiger partial charge in [-0.25, -0.2) is 0 Å². The Kier molecular flexibility index (Phi) is 7.60. The number of pyridine rings is 1. The smallest absolute Gasteiger partial charge is 0.242 e. The summed E-state index contributed by atoms with van der Waals surface area (Å²) in [6, 6.07) is 12.3. The van der Waals surface area contributed by atoms with E-state index in [1.807, 2.05) is 37.3 Å². The molecule has 0 aliphatic heterocycles. The van der Waals surface area contributed by atoms with Crippen molar-refractivity contribution in [3.63, 3.8) is 0 Å². The van der Waals surface area contributed by atoms with Gasteiger partial charge in [-0.2, -0.15) is 0 Å². The van der Waals surface area contributed by atoms with Crippen LogP contribution >= 0.6 is 11.6 Å². The first-order valence-corrected chi connectivity index (χ1v) is 9.10. The third-order valence-corrected chi connectivity index (χ3v) is 4.32. The molecule has 2 amide bonds. The molecule has 5 nitrogen and oxygen atoms in total. The van der Waals surface area contributed by atoms with E-state index in [9.17, 15) is 9.59 Å². The van der Waals surface area contributed by atoms with Crippen LogP contribution in [-0.4, -0.2) is 27.7 Å². The minimum atomic E-state index is -0.576. The van der Waals surface area contributed by atoms with Gasteiger partial charge in [0.1, 0.15) is 6.04 Å². The molecule has 0 bridgehead atoms. The first kappa shape index (κ1) is 19.9. The van der Waals surface area contributed by atoms with Crippen LogP contribution in [0, 0.1) is 0 Å². The van der Waals surface area contributed by atoms with Crippen molar-refractivity contribution in [2.75, 3.05) is 0 Å². The fourth-order valence-corrected chi connectivity index (χ4v) is 2.68. The molecular weight excluding hydrogens is 350 g/mol. The first-order valence-electron chi connectivity index (χ1n) is 8.72. The average molecular weight is 374 g/mol. The minimum absolute atomic E-state index is 0.0389. The average Bonchev–Trinajstić information content (AvgIpc) is 2.66. The number of carbonyl (C=O) groups excluding carboxylic acids is 2.